The molecule has 0 aliphatic rings. The predicted octanol–water partition coefficient (Wildman–Crippen LogP) is 1.80. The highest BCUT2D eigenvalue weighted by molar-refractivity contribution is 7.81. The number of thiol groups is 1. The highest BCUT2D eigenvalue weighted by atomic mass is 32.1. The third kappa shape index (κ3) is 2.46. The van der Waals surface area contributed by atoms with Gasteiger partial charge in [-0.3, -0.25) is 0 Å². The van der Waals surface area contributed by atoms with E-state index in [1.54, 1.807) is 0 Å². The second-order valence-electron chi connectivity index (χ2n) is 3.59. The van der Waals surface area contributed by atoms with Crippen LogP contribution >= 0.6 is 12.6 Å². The topological polar surface area (TPSA) is 46.2 Å². The SMILES string of the molecule is CC(C)(S)c1ccccc1C(N)O. The minimum atomic E-state index is -0.928. The summed E-state index contributed by atoms with van der Waals surface area (Å²) in [5.41, 5.74) is 7.14. The van der Waals surface area contributed by atoms with Gasteiger partial charge in [-0.2, -0.15) is 12.6 Å². The number of rotatable bonds is 2. The molecule has 0 heterocycles. The summed E-state index contributed by atoms with van der Waals surface area (Å²) < 4.78 is -0.281. The van der Waals surface area contributed by atoms with E-state index in [4.69, 9.17) is 5.73 Å². The standard InChI is InChI=1S/C10H15NOS/c1-10(2,13)8-6-4-3-5-7(8)9(11)12/h3-6,9,12-13H,11H2,1-2H3. The van der Waals surface area contributed by atoms with Crippen molar-refractivity contribution < 1.29 is 5.11 Å². The average Bonchev–Trinajstić information content (AvgIpc) is 2.03. The van der Waals surface area contributed by atoms with Crippen molar-refractivity contribution >= 4 is 12.6 Å². The normalized spacial score (nSPS) is 14.2. The third-order valence-electron chi connectivity index (χ3n) is 1.94. The molecule has 0 saturated heterocycles. The Bertz CT molecular complexity index is 291. The molecule has 0 aliphatic heterocycles. The molecule has 0 spiro atoms. The smallest absolute Gasteiger partial charge is 0.128 e. The quantitative estimate of drug-likeness (QED) is 0.500. The summed E-state index contributed by atoms with van der Waals surface area (Å²) in [4.78, 5) is 0. The molecule has 1 unspecified atom stereocenters. The van der Waals surface area contributed by atoms with E-state index in [0.29, 0.717) is 0 Å². The average molecular weight is 197 g/mol. The third-order valence-corrected chi connectivity index (χ3v) is 2.18. The van der Waals surface area contributed by atoms with Gasteiger partial charge < -0.3 is 10.8 Å². The van der Waals surface area contributed by atoms with Crippen molar-refractivity contribution in [3.8, 4) is 0 Å². The van der Waals surface area contributed by atoms with E-state index < -0.39 is 6.23 Å². The van der Waals surface area contributed by atoms with Crippen molar-refractivity contribution in [3.05, 3.63) is 35.4 Å². The highest BCUT2D eigenvalue weighted by Crippen LogP contribution is 2.31. The van der Waals surface area contributed by atoms with Gasteiger partial charge in [0, 0.05) is 4.75 Å². The van der Waals surface area contributed by atoms with E-state index in [1.165, 1.54) is 0 Å². The molecular formula is C10H15NOS. The molecule has 0 bridgehead atoms. The van der Waals surface area contributed by atoms with Crippen LogP contribution < -0.4 is 5.73 Å². The van der Waals surface area contributed by atoms with Crippen LogP contribution in [0.15, 0.2) is 24.3 Å². The first kappa shape index (κ1) is 10.6. The van der Waals surface area contributed by atoms with Crippen molar-refractivity contribution in [1.82, 2.24) is 0 Å². The largest absolute Gasteiger partial charge is 0.375 e. The van der Waals surface area contributed by atoms with Crippen LogP contribution in [-0.4, -0.2) is 5.11 Å². The summed E-state index contributed by atoms with van der Waals surface area (Å²) in [6, 6.07) is 7.52. The van der Waals surface area contributed by atoms with E-state index in [0.717, 1.165) is 11.1 Å². The number of aliphatic hydroxyl groups is 1. The second-order valence-corrected chi connectivity index (χ2v) is 4.71. The summed E-state index contributed by atoms with van der Waals surface area (Å²) >= 11 is 4.44. The van der Waals surface area contributed by atoms with Crippen LogP contribution in [0.3, 0.4) is 0 Å². The Morgan fingerprint density at radius 1 is 1.38 bits per heavy atom. The van der Waals surface area contributed by atoms with Crippen LogP contribution in [0.2, 0.25) is 0 Å². The fourth-order valence-electron chi connectivity index (χ4n) is 1.31. The van der Waals surface area contributed by atoms with Gasteiger partial charge in [-0.1, -0.05) is 24.3 Å². The van der Waals surface area contributed by atoms with E-state index in [2.05, 4.69) is 12.6 Å². The molecule has 0 aromatic heterocycles. The van der Waals surface area contributed by atoms with Crippen LogP contribution in [0.1, 0.15) is 31.2 Å². The van der Waals surface area contributed by atoms with Crippen LogP contribution in [0.25, 0.3) is 0 Å². The molecule has 3 heteroatoms. The number of nitrogens with two attached hydrogens (primary N) is 1. The lowest BCUT2D eigenvalue weighted by atomic mass is 9.95. The molecule has 1 atom stereocenters. The van der Waals surface area contributed by atoms with E-state index >= 15 is 0 Å². The molecule has 0 aliphatic carbocycles. The van der Waals surface area contributed by atoms with Crippen molar-refractivity contribution in [2.24, 2.45) is 5.73 Å². The van der Waals surface area contributed by atoms with E-state index in [1.807, 2.05) is 38.1 Å². The fraction of sp³-hybridized carbons (Fsp3) is 0.400. The molecule has 2 nitrogen and oxygen atoms in total. The number of hydrogen-bond donors (Lipinski definition) is 3. The highest BCUT2D eigenvalue weighted by Gasteiger charge is 2.20. The van der Waals surface area contributed by atoms with Crippen molar-refractivity contribution in [2.75, 3.05) is 0 Å². The van der Waals surface area contributed by atoms with Crippen molar-refractivity contribution in [3.63, 3.8) is 0 Å². The Morgan fingerprint density at radius 3 is 2.31 bits per heavy atom. The first-order valence-electron chi connectivity index (χ1n) is 4.18. The summed E-state index contributed by atoms with van der Waals surface area (Å²) in [6.07, 6.45) is -0.928. The van der Waals surface area contributed by atoms with E-state index in [-0.39, 0.29) is 4.75 Å². The van der Waals surface area contributed by atoms with Gasteiger partial charge in [-0.15, -0.1) is 0 Å². The Balaban J connectivity index is 3.20. The maximum atomic E-state index is 9.31. The van der Waals surface area contributed by atoms with Gasteiger partial charge in [-0.25, -0.2) is 0 Å². The minimum Gasteiger partial charge on any atom is -0.375 e. The Labute approximate surface area is 84.2 Å². The zero-order chi connectivity index (χ0) is 10.1. The van der Waals surface area contributed by atoms with Crippen LogP contribution in [-0.2, 0) is 4.75 Å². The van der Waals surface area contributed by atoms with Crippen LogP contribution in [0, 0.1) is 0 Å². The zero-order valence-electron chi connectivity index (χ0n) is 7.86. The van der Waals surface area contributed by atoms with Crippen LogP contribution in [0.4, 0.5) is 0 Å². The summed E-state index contributed by atoms with van der Waals surface area (Å²) in [5, 5.41) is 9.31. The first-order valence-corrected chi connectivity index (χ1v) is 4.63. The van der Waals surface area contributed by atoms with Gasteiger partial charge in [0.15, 0.2) is 0 Å². The molecule has 13 heavy (non-hydrogen) atoms. The van der Waals surface area contributed by atoms with Gasteiger partial charge in [0.25, 0.3) is 0 Å². The summed E-state index contributed by atoms with van der Waals surface area (Å²) in [5.74, 6) is 0. The minimum absolute atomic E-state index is 0.281. The summed E-state index contributed by atoms with van der Waals surface area (Å²) in [6.45, 7) is 3.94. The molecule has 0 amide bonds. The number of benzene rings is 1. The summed E-state index contributed by atoms with van der Waals surface area (Å²) in [7, 11) is 0. The molecule has 0 saturated carbocycles. The molecule has 3 N–H and O–H groups in total. The Hall–Kier alpha value is -0.510. The Morgan fingerprint density at radius 2 is 1.92 bits per heavy atom. The van der Waals surface area contributed by atoms with Crippen molar-refractivity contribution in [2.45, 2.75) is 24.8 Å². The maximum Gasteiger partial charge on any atom is 0.128 e. The molecular weight excluding hydrogens is 182 g/mol. The van der Waals surface area contributed by atoms with E-state index in [9.17, 15) is 5.11 Å². The molecule has 1 aromatic carbocycles. The van der Waals surface area contributed by atoms with Gasteiger partial charge in [0.2, 0.25) is 0 Å². The molecule has 0 fully saturated rings. The second kappa shape index (κ2) is 3.70. The fourth-order valence-corrected chi connectivity index (χ4v) is 1.52. The lowest BCUT2D eigenvalue weighted by Gasteiger charge is -2.22. The van der Waals surface area contributed by atoms with Gasteiger partial charge in [0.1, 0.15) is 6.23 Å². The maximum absolute atomic E-state index is 9.31. The Kier molecular flexibility index (Phi) is 3.01. The van der Waals surface area contributed by atoms with Crippen LogP contribution in [0.5, 0.6) is 0 Å². The number of aliphatic hydroxyl groups excluding tert-OH is 1. The van der Waals surface area contributed by atoms with Gasteiger partial charge >= 0.3 is 0 Å². The predicted molar refractivity (Wildman–Crippen MR) is 57.6 cm³/mol. The zero-order valence-corrected chi connectivity index (χ0v) is 8.75. The molecule has 1 rings (SSSR count). The monoisotopic (exact) mass is 197 g/mol. The lowest BCUT2D eigenvalue weighted by molar-refractivity contribution is 0.184. The lowest BCUT2D eigenvalue weighted by Crippen LogP contribution is -2.17. The molecule has 0 radical (unpaired) electrons. The first-order chi connectivity index (χ1) is 5.93. The molecule has 72 valence electrons. The number of hydrogen-bond acceptors (Lipinski definition) is 3. The molecule has 1 aromatic rings. The van der Waals surface area contributed by atoms with Gasteiger partial charge in [-0.05, 0) is 25.0 Å². The van der Waals surface area contributed by atoms with Crippen molar-refractivity contribution in [1.29, 1.82) is 0 Å². The van der Waals surface area contributed by atoms with Gasteiger partial charge in [0.05, 0.1) is 0 Å².